The fraction of sp³-hybridized carbons (Fsp3) is 0.450. The number of fused-ring (bicyclic) bond motifs is 1. The molecule has 2 unspecified atom stereocenters. The van der Waals surface area contributed by atoms with E-state index in [1.165, 1.54) is 21.5 Å². The SMILES string of the molecule is C[C@@H]1CN(c2cc(C(F)(F)F)cc(-c3ccnc4c3C(C(F)(F)P)OC(=O)N4)n2)C[C@H](C)N1. The van der Waals surface area contributed by atoms with E-state index in [1.54, 1.807) is 4.90 Å². The van der Waals surface area contributed by atoms with Crippen LogP contribution in [0.2, 0.25) is 0 Å². The summed E-state index contributed by atoms with van der Waals surface area (Å²) in [4.78, 5) is 21.8. The van der Waals surface area contributed by atoms with Crippen molar-refractivity contribution in [3.05, 3.63) is 35.5 Å². The van der Waals surface area contributed by atoms with Crippen molar-refractivity contribution in [2.45, 2.75) is 43.9 Å². The summed E-state index contributed by atoms with van der Waals surface area (Å²) >= 11 is 0. The summed E-state index contributed by atoms with van der Waals surface area (Å²) in [6.07, 6.45) is -6.71. The number of nitrogens with zero attached hydrogens (tertiary/aromatic N) is 3. The van der Waals surface area contributed by atoms with Crippen LogP contribution < -0.4 is 15.5 Å². The fourth-order valence-corrected chi connectivity index (χ4v) is 4.35. The molecule has 0 saturated carbocycles. The molecule has 4 rings (SSSR count). The molecule has 33 heavy (non-hydrogen) atoms. The zero-order chi connectivity index (χ0) is 24.1. The van der Waals surface area contributed by atoms with Crippen LogP contribution in [-0.2, 0) is 10.9 Å². The normalized spacial score (nSPS) is 23.6. The number of carbonyl (C=O) groups excluding carboxylic acids is 1. The number of hydrogen-bond donors (Lipinski definition) is 2. The first-order chi connectivity index (χ1) is 15.3. The maximum absolute atomic E-state index is 14.3. The molecule has 2 N–H and O–H groups in total. The molecular weight excluding hydrogens is 468 g/mol. The van der Waals surface area contributed by atoms with Crippen molar-refractivity contribution in [2.24, 2.45) is 0 Å². The van der Waals surface area contributed by atoms with Gasteiger partial charge in [-0.15, -0.1) is 0 Å². The fourth-order valence-electron chi connectivity index (χ4n) is 4.12. The van der Waals surface area contributed by atoms with Gasteiger partial charge in [-0.1, -0.05) is 9.24 Å². The summed E-state index contributed by atoms with van der Waals surface area (Å²) < 4.78 is 74.7. The standard InChI is InChI=1S/C20H21F5N5O2P/c1-9-7-30(8-10(2)27-9)14-6-11(19(21,22)23)5-13(28-14)12-3-4-26-17-15(12)16(20(24,25)33)32-18(31)29-17/h3-6,9-10,16,27H,7-8,33H2,1-2H3,(H,26,29,31)/t9-,10+,16?. The molecule has 1 fully saturated rings. The molecule has 0 bridgehead atoms. The van der Waals surface area contributed by atoms with E-state index in [2.05, 4.69) is 20.6 Å². The molecule has 4 heterocycles. The van der Waals surface area contributed by atoms with E-state index >= 15 is 0 Å². The van der Waals surface area contributed by atoms with Crippen LogP contribution in [0.15, 0.2) is 24.4 Å². The number of halogens is 5. The summed E-state index contributed by atoms with van der Waals surface area (Å²) in [5, 5.41) is 5.52. The van der Waals surface area contributed by atoms with Gasteiger partial charge in [0, 0.05) is 36.9 Å². The summed E-state index contributed by atoms with van der Waals surface area (Å²) in [7, 11) is 1.29. The average Bonchev–Trinajstić information content (AvgIpc) is 2.70. The Balaban J connectivity index is 1.90. The van der Waals surface area contributed by atoms with Crippen LogP contribution in [0.4, 0.5) is 38.4 Å². The lowest BCUT2D eigenvalue weighted by Gasteiger charge is -2.37. The summed E-state index contributed by atoms with van der Waals surface area (Å²) in [5.41, 5.74) is -5.05. The van der Waals surface area contributed by atoms with Crippen LogP contribution in [0.25, 0.3) is 11.3 Å². The molecule has 0 aliphatic carbocycles. The molecule has 4 atom stereocenters. The number of aromatic nitrogens is 2. The third-order valence-corrected chi connectivity index (χ3v) is 5.65. The summed E-state index contributed by atoms with van der Waals surface area (Å²) in [5.74, 6) is -0.151. The lowest BCUT2D eigenvalue weighted by atomic mass is 9.98. The molecule has 2 aromatic rings. The van der Waals surface area contributed by atoms with E-state index in [9.17, 15) is 26.7 Å². The zero-order valence-corrected chi connectivity index (χ0v) is 18.7. The van der Waals surface area contributed by atoms with Gasteiger partial charge in [0.1, 0.15) is 11.6 Å². The molecule has 1 saturated heterocycles. The first-order valence-corrected chi connectivity index (χ1v) is 10.6. The Morgan fingerprint density at radius 1 is 1.15 bits per heavy atom. The first kappa shape index (κ1) is 23.6. The van der Waals surface area contributed by atoms with Gasteiger partial charge in [0.05, 0.1) is 16.8 Å². The van der Waals surface area contributed by atoms with Gasteiger partial charge in [0.15, 0.2) is 6.10 Å². The van der Waals surface area contributed by atoms with E-state index in [-0.39, 0.29) is 40.5 Å². The van der Waals surface area contributed by atoms with Crippen molar-refractivity contribution >= 4 is 27.0 Å². The number of piperazine rings is 1. The Morgan fingerprint density at radius 2 is 1.82 bits per heavy atom. The zero-order valence-electron chi connectivity index (χ0n) is 17.6. The third kappa shape index (κ3) is 4.86. The maximum atomic E-state index is 14.3. The van der Waals surface area contributed by atoms with Crippen molar-refractivity contribution in [3.63, 3.8) is 0 Å². The molecule has 2 aromatic heterocycles. The number of rotatable bonds is 3. The smallest absolute Gasteiger partial charge is 0.416 e. The number of cyclic esters (lactones) is 1. The molecule has 178 valence electrons. The number of anilines is 2. The van der Waals surface area contributed by atoms with Crippen molar-refractivity contribution < 1.29 is 31.5 Å². The van der Waals surface area contributed by atoms with Gasteiger partial charge in [-0.05, 0) is 32.0 Å². The van der Waals surface area contributed by atoms with E-state index in [0.29, 0.717) is 13.1 Å². The number of hydrogen-bond acceptors (Lipinski definition) is 6. The Kier molecular flexibility index (Phi) is 5.94. The Bertz CT molecular complexity index is 1070. The molecule has 2 aliphatic rings. The highest BCUT2D eigenvalue weighted by Gasteiger charge is 2.45. The first-order valence-electron chi connectivity index (χ1n) is 10.1. The minimum absolute atomic E-state index is 0.00558. The Hall–Kier alpha value is -2.59. The number of ether oxygens (including phenoxy) is 1. The number of alkyl halides is 5. The van der Waals surface area contributed by atoms with Crippen LogP contribution in [-0.4, -0.2) is 46.9 Å². The van der Waals surface area contributed by atoms with E-state index < -0.39 is 29.6 Å². The number of carbonyl (C=O) groups is 1. The predicted octanol–water partition coefficient (Wildman–Crippen LogP) is 4.42. The van der Waals surface area contributed by atoms with Crippen LogP contribution in [0, 0.1) is 0 Å². The molecule has 0 aromatic carbocycles. The second-order valence-electron chi connectivity index (χ2n) is 8.18. The van der Waals surface area contributed by atoms with E-state index in [4.69, 9.17) is 4.74 Å². The molecule has 2 aliphatic heterocycles. The largest absolute Gasteiger partial charge is 0.434 e. The molecular formula is C20H21F5N5O2P. The molecule has 13 heteroatoms. The van der Waals surface area contributed by atoms with Crippen molar-refractivity contribution in [2.75, 3.05) is 23.3 Å². The second-order valence-corrected chi connectivity index (χ2v) is 8.95. The number of nitrogens with one attached hydrogen (secondary N) is 2. The summed E-state index contributed by atoms with van der Waals surface area (Å²) in [6, 6.07) is 3.03. The van der Waals surface area contributed by atoms with Gasteiger partial charge >= 0.3 is 12.3 Å². The molecule has 1 amide bonds. The van der Waals surface area contributed by atoms with Gasteiger partial charge in [0.2, 0.25) is 0 Å². The Labute approximate surface area is 188 Å². The summed E-state index contributed by atoms with van der Waals surface area (Å²) in [6.45, 7) is 4.64. The van der Waals surface area contributed by atoms with E-state index in [0.717, 1.165) is 12.1 Å². The van der Waals surface area contributed by atoms with Crippen LogP contribution >= 0.6 is 9.24 Å². The lowest BCUT2D eigenvalue weighted by molar-refractivity contribution is -0.137. The molecule has 0 radical (unpaired) electrons. The minimum atomic E-state index is -4.69. The van der Waals surface area contributed by atoms with Gasteiger partial charge in [-0.25, -0.2) is 14.8 Å². The second kappa shape index (κ2) is 8.32. The van der Waals surface area contributed by atoms with Crippen molar-refractivity contribution in [1.29, 1.82) is 0 Å². The van der Waals surface area contributed by atoms with Crippen molar-refractivity contribution in [1.82, 2.24) is 15.3 Å². The van der Waals surface area contributed by atoms with Gasteiger partial charge < -0.3 is 15.0 Å². The highest BCUT2D eigenvalue weighted by Crippen LogP contribution is 2.48. The monoisotopic (exact) mass is 489 g/mol. The third-order valence-electron chi connectivity index (χ3n) is 5.34. The lowest BCUT2D eigenvalue weighted by Crippen LogP contribution is -2.54. The van der Waals surface area contributed by atoms with Crippen molar-refractivity contribution in [3.8, 4) is 11.3 Å². The quantitative estimate of drug-likeness (QED) is 0.491. The van der Waals surface area contributed by atoms with Crippen LogP contribution in [0.3, 0.4) is 0 Å². The van der Waals surface area contributed by atoms with E-state index in [1.807, 2.05) is 13.8 Å². The van der Waals surface area contributed by atoms with Gasteiger partial charge in [0.25, 0.3) is 5.66 Å². The topological polar surface area (TPSA) is 79.4 Å². The highest BCUT2D eigenvalue weighted by atomic mass is 31.0. The predicted molar refractivity (Wildman–Crippen MR) is 114 cm³/mol. The van der Waals surface area contributed by atoms with Crippen LogP contribution in [0.5, 0.6) is 0 Å². The number of amides is 1. The highest BCUT2D eigenvalue weighted by molar-refractivity contribution is 7.18. The molecule has 7 nitrogen and oxygen atoms in total. The van der Waals surface area contributed by atoms with Gasteiger partial charge in [-0.3, -0.25) is 5.32 Å². The molecule has 0 spiro atoms. The maximum Gasteiger partial charge on any atom is 0.416 e. The average molecular weight is 489 g/mol. The minimum Gasteiger partial charge on any atom is -0.434 e. The van der Waals surface area contributed by atoms with Crippen LogP contribution in [0.1, 0.15) is 31.1 Å². The number of pyridine rings is 2. The van der Waals surface area contributed by atoms with Gasteiger partial charge in [-0.2, -0.15) is 22.0 Å². The Morgan fingerprint density at radius 3 is 2.42 bits per heavy atom.